The Labute approximate surface area is 109 Å². The average molecular weight is 269 g/mol. The Morgan fingerprint density at radius 3 is 2.53 bits per heavy atom. The van der Waals surface area contributed by atoms with E-state index in [9.17, 15) is 14.4 Å². The van der Waals surface area contributed by atoms with Gasteiger partial charge in [-0.2, -0.15) is 0 Å². The second-order valence-electron chi connectivity index (χ2n) is 3.89. The maximum Gasteiger partial charge on any atom is 0.323 e. The topological polar surface area (TPSA) is 126 Å². The van der Waals surface area contributed by atoms with Crippen LogP contribution >= 0.6 is 0 Å². The molecular formula is C11H15N3O5. The van der Waals surface area contributed by atoms with Crippen molar-refractivity contribution in [3.05, 3.63) is 23.7 Å². The standard InChI is InChI=1S/C11H15N3O5/c1-7-2-3-8(19-7)4-13-11(18)14(5-9(12)15)6-10(16)17/h2-3H,4-6H2,1H3,(H2,12,15)(H,13,18)(H,16,17). The van der Waals surface area contributed by atoms with Gasteiger partial charge in [0.25, 0.3) is 0 Å². The Balaban J connectivity index is 2.55. The van der Waals surface area contributed by atoms with Crippen molar-refractivity contribution in [1.82, 2.24) is 10.2 Å². The summed E-state index contributed by atoms with van der Waals surface area (Å²) < 4.78 is 5.23. The van der Waals surface area contributed by atoms with Gasteiger partial charge < -0.3 is 25.5 Å². The number of nitrogens with two attached hydrogens (primary N) is 1. The normalized spacial score (nSPS) is 9.95. The Morgan fingerprint density at radius 2 is 2.05 bits per heavy atom. The van der Waals surface area contributed by atoms with E-state index < -0.39 is 31.0 Å². The SMILES string of the molecule is Cc1ccc(CNC(=O)N(CC(N)=O)CC(=O)O)o1. The molecule has 0 spiro atoms. The van der Waals surface area contributed by atoms with Crippen molar-refractivity contribution in [3.63, 3.8) is 0 Å². The van der Waals surface area contributed by atoms with Gasteiger partial charge in [-0.15, -0.1) is 0 Å². The quantitative estimate of drug-likeness (QED) is 0.651. The number of rotatable bonds is 6. The van der Waals surface area contributed by atoms with Crippen molar-refractivity contribution in [2.75, 3.05) is 13.1 Å². The van der Waals surface area contributed by atoms with Crippen molar-refractivity contribution in [1.29, 1.82) is 0 Å². The molecule has 0 aliphatic rings. The third kappa shape index (κ3) is 5.11. The van der Waals surface area contributed by atoms with E-state index >= 15 is 0 Å². The molecule has 1 rings (SSSR count). The number of amides is 3. The third-order valence-corrected chi connectivity index (χ3v) is 2.17. The van der Waals surface area contributed by atoms with Gasteiger partial charge in [0.2, 0.25) is 5.91 Å². The van der Waals surface area contributed by atoms with E-state index in [1.807, 2.05) is 0 Å². The van der Waals surface area contributed by atoms with E-state index in [1.54, 1.807) is 19.1 Å². The number of carbonyl (C=O) groups is 3. The number of hydrogen-bond donors (Lipinski definition) is 3. The largest absolute Gasteiger partial charge is 0.480 e. The van der Waals surface area contributed by atoms with Crippen LogP contribution in [-0.2, 0) is 16.1 Å². The predicted molar refractivity (Wildman–Crippen MR) is 64.1 cm³/mol. The molecule has 0 saturated heterocycles. The molecule has 104 valence electrons. The zero-order chi connectivity index (χ0) is 14.4. The third-order valence-electron chi connectivity index (χ3n) is 2.17. The number of furan rings is 1. The van der Waals surface area contributed by atoms with E-state index in [2.05, 4.69) is 5.32 Å². The lowest BCUT2D eigenvalue weighted by atomic mass is 10.4. The summed E-state index contributed by atoms with van der Waals surface area (Å²) in [6.45, 7) is 0.790. The molecular weight excluding hydrogens is 254 g/mol. The van der Waals surface area contributed by atoms with Crippen molar-refractivity contribution in [2.45, 2.75) is 13.5 Å². The second kappa shape index (κ2) is 6.43. The molecule has 0 radical (unpaired) electrons. The molecule has 0 aromatic carbocycles. The molecule has 8 nitrogen and oxygen atoms in total. The van der Waals surface area contributed by atoms with Gasteiger partial charge in [0.05, 0.1) is 6.54 Å². The number of nitrogens with one attached hydrogen (secondary N) is 1. The highest BCUT2D eigenvalue weighted by Crippen LogP contribution is 2.05. The van der Waals surface area contributed by atoms with Crippen LogP contribution in [0.3, 0.4) is 0 Å². The molecule has 0 unspecified atom stereocenters. The monoisotopic (exact) mass is 269 g/mol. The molecule has 0 bridgehead atoms. The van der Waals surface area contributed by atoms with Gasteiger partial charge in [0.15, 0.2) is 0 Å². The highest BCUT2D eigenvalue weighted by molar-refractivity contribution is 5.85. The number of nitrogens with zero attached hydrogens (tertiary/aromatic N) is 1. The summed E-state index contributed by atoms with van der Waals surface area (Å²) in [6.07, 6.45) is 0. The summed E-state index contributed by atoms with van der Waals surface area (Å²) in [4.78, 5) is 33.8. The van der Waals surface area contributed by atoms with Gasteiger partial charge in [0.1, 0.15) is 24.6 Å². The fraction of sp³-hybridized carbons (Fsp3) is 0.364. The fourth-order valence-corrected chi connectivity index (χ4v) is 1.41. The van der Waals surface area contributed by atoms with Crippen molar-refractivity contribution in [2.24, 2.45) is 5.73 Å². The Kier molecular flexibility index (Phi) is 4.92. The Morgan fingerprint density at radius 1 is 1.37 bits per heavy atom. The molecule has 1 aromatic heterocycles. The molecule has 0 fully saturated rings. The lowest BCUT2D eigenvalue weighted by Crippen LogP contribution is -2.46. The number of hydrogen-bond acceptors (Lipinski definition) is 4. The molecule has 3 amide bonds. The summed E-state index contributed by atoms with van der Waals surface area (Å²) in [7, 11) is 0. The van der Waals surface area contributed by atoms with Crippen LogP contribution in [0.25, 0.3) is 0 Å². The average Bonchev–Trinajstić information content (AvgIpc) is 2.70. The zero-order valence-electron chi connectivity index (χ0n) is 10.4. The lowest BCUT2D eigenvalue weighted by molar-refractivity contribution is -0.137. The summed E-state index contributed by atoms with van der Waals surface area (Å²) in [6, 6.07) is 2.72. The minimum atomic E-state index is -1.23. The number of urea groups is 1. The number of aryl methyl sites for hydroxylation is 1. The van der Waals surface area contributed by atoms with E-state index in [0.717, 1.165) is 4.90 Å². The fourth-order valence-electron chi connectivity index (χ4n) is 1.41. The number of carboxylic acids is 1. The van der Waals surface area contributed by atoms with Gasteiger partial charge in [-0.3, -0.25) is 9.59 Å². The van der Waals surface area contributed by atoms with Crippen LogP contribution in [0.4, 0.5) is 4.79 Å². The molecule has 0 atom stereocenters. The second-order valence-corrected chi connectivity index (χ2v) is 3.89. The highest BCUT2D eigenvalue weighted by Gasteiger charge is 2.18. The number of primary amides is 1. The first-order valence-electron chi connectivity index (χ1n) is 5.46. The number of aliphatic carboxylic acids is 1. The Bertz CT molecular complexity index is 466. The molecule has 8 heteroatoms. The first-order chi connectivity index (χ1) is 8.88. The van der Waals surface area contributed by atoms with E-state index in [0.29, 0.717) is 11.5 Å². The molecule has 1 aromatic rings. The highest BCUT2D eigenvalue weighted by atomic mass is 16.4. The Hall–Kier alpha value is -2.51. The maximum absolute atomic E-state index is 11.7. The molecule has 1 heterocycles. The predicted octanol–water partition coefficient (Wildman–Crippen LogP) is -0.330. The van der Waals surface area contributed by atoms with Crippen LogP contribution in [0.5, 0.6) is 0 Å². The van der Waals surface area contributed by atoms with Crippen molar-refractivity contribution < 1.29 is 23.9 Å². The summed E-state index contributed by atoms with van der Waals surface area (Å²) in [5.41, 5.74) is 4.95. The number of carbonyl (C=O) groups excluding carboxylic acids is 2. The lowest BCUT2D eigenvalue weighted by Gasteiger charge is -2.19. The van der Waals surface area contributed by atoms with Crippen molar-refractivity contribution in [3.8, 4) is 0 Å². The van der Waals surface area contributed by atoms with Gasteiger partial charge in [-0.05, 0) is 19.1 Å². The molecule has 0 aliphatic carbocycles. The van der Waals surface area contributed by atoms with Crippen LogP contribution in [0.2, 0.25) is 0 Å². The van der Waals surface area contributed by atoms with Crippen LogP contribution in [0.15, 0.2) is 16.5 Å². The number of carboxylic acid groups (broad SMARTS) is 1. The van der Waals surface area contributed by atoms with E-state index in [4.69, 9.17) is 15.3 Å². The van der Waals surface area contributed by atoms with Crippen LogP contribution in [-0.4, -0.2) is 41.0 Å². The summed E-state index contributed by atoms with van der Waals surface area (Å²) >= 11 is 0. The molecule has 4 N–H and O–H groups in total. The maximum atomic E-state index is 11.7. The van der Waals surface area contributed by atoms with Gasteiger partial charge in [0, 0.05) is 0 Å². The van der Waals surface area contributed by atoms with E-state index in [-0.39, 0.29) is 6.54 Å². The van der Waals surface area contributed by atoms with E-state index in [1.165, 1.54) is 0 Å². The van der Waals surface area contributed by atoms with Gasteiger partial charge >= 0.3 is 12.0 Å². The first-order valence-corrected chi connectivity index (χ1v) is 5.46. The van der Waals surface area contributed by atoms with Crippen LogP contribution < -0.4 is 11.1 Å². The van der Waals surface area contributed by atoms with Gasteiger partial charge in [-0.1, -0.05) is 0 Å². The minimum absolute atomic E-state index is 0.0988. The van der Waals surface area contributed by atoms with Crippen LogP contribution in [0.1, 0.15) is 11.5 Å². The minimum Gasteiger partial charge on any atom is -0.480 e. The van der Waals surface area contributed by atoms with Gasteiger partial charge in [-0.25, -0.2) is 4.79 Å². The first kappa shape index (κ1) is 14.6. The molecule has 19 heavy (non-hydrogen) atoms. The smallest absolute Gasteiger partial charge is 0.323 e. The van der Waals surface area contributed by atoms with Crippen molar-refractivity contribution >= 4 is 17.9 Å². The van der Waals surface area contributed by atoms with Crippen LogP contribution in [0, 0.1) is 6.92 Å². The summed E-state index contributed by atoms with van der Waals surface area (Å²) in [5.74, 6) is -0.792. The molecule has 0 saturated carbocycles. The summed E-state index contributed by atoms with van der Waals surface area (Å²) in [5, 5.41) is 11.1. The zero-order valence-corrected chi connectivity index (χ0v) is 10.4. The molecule has 0 aliphatic heterocycles.